The highest BCUT2D eigenvalue weighted by Crippen LogP contribution is 2.15. The quantitative estimate of drug-likeness (QED) is 0.757. The fourth-order valence-electron chi connectivity index (χ4n) is 1.22. The van der Waals surface area contributed by atoms with Crippen molar-refractivity contribution in [2.45, 2.75) is 30.9 Å². The van der Waals surface area contributed by atoms with Crippen LogP contribution in [0.25, 0.3) is 0 Å². The summed E-state index contributed by atoms with van der Waals surface area (Å²) in [5, 5.41) is 8.66. The molecule has 7 heteroatoms. The van der Waals surface area contributed by atoms with Crippen LogP contribution in [0.3, 0.4) is 0 Å². The fraction of sp³-hybridized carbons (Fsp3) is 0.364. The number of benzene rings is 1. The van der Waals surface area contributed by atoms with Crippen molar-refractivity contribution < 1.29 is 22.5 Å². The number of aryl methyl sites for hydroxylation is 1. The third kappa shape index (κ3) is 3.52. The van der Waals surface area contributed by atoms with Gasteiger partial charge in [-0.05, 0) is 26.0 Å². The molecule has 0 aromatic heterocycles. The van der Waals surface area contributed by atoms with E-state index in [4.69, 9.17) is 15.0 Å². The summed E-state index contributed by atoms with van der Waals surface area (Å²) in [5.74, 6) is -1.32. The van der Waals surface area contributed by atoms with Crippen molar-refractivity contribution in [3.8, 4) is 0 Å². The Bertz CT molecular complexity index is 523. The molecule has 0 heterocycles. The van der Waals surface area contributed by atoms with E-state index in [0.717, 1.165) is 5.56 Å². The molecule has 0 spiro atoms. The molecule has 0 amide bonds. The molecular formula is C11H15NO5S. The second-order valence-electron chi connectivity index (χ2n) is 3.93. The lowest BCUT2D eigenvalue weighted by Crippen LogP contribution is -2.42. The van der Waals surface area contributed by atoms with Crippen LogP contribution >= 0.6 is 0 Å². The van der Waals surface area contributed by atoms with Crippen molar-refractivity contribution in [2.75, 3.05) is 0 Å². The predicted octanol–water partition coefficient (Wildman–Crippen LogP) is 0.501. The highest BCUT2D eigenvalue weighted by atomic mass is 32.2. The van der Waals surface area contributed by atoms with Crippen molar-refractivity contribution in [3.63, 3.8) is 0 Å². The minimum Gasteiger partial charge on any atom is -0.480 e. The molecule has 0 aliphatic carbocycles. The molecule has 2 atom stereocenters. The van der Waals surface area contributed by atoms with Gasteiger partial charge >= 0.3 is 5.97 Å². The van der Waals surface area contributed by atoms with Crippen LogP contribution in [0.4, 0.5) is 0 Å². The predicted molar refractivity (Wildman–Crippen MR) is 64.5 cm³/mol. The van der Waals surface area contributed by atoms with Crippen molar-refractivity contribution in [1.82, 2.24) is 0 Å². The number of aliphatic carboxylic acids is 1. The van der Waals surface area contributed by atoms with Crippen molar-refractivity contribution in [3.05, 3.63) is 29.8 Å². The highest BCUT2D eigenvalue weighted by Gasteiger charge is 2.27. The van der Waals surface area contributed by atoms with Gasteiger partial charge in [-0.1, -0.05) is 17.7 Å². The maximum Gasteiger partial charge on any atom is 0.323 e. The summed E-state index contributed by atoms with van der Waals surface area (Å²) in [6, 6.07) is 4.63. The van der Waals surface area contributed by atoms with Crippen LogP contribution in [0.5, 0.6) is 0 Å². The van der Waals surface area contributed by atoms with Crippen LogP contribution in [0.2, 0.25) is 0 Å². The first-order chi connectivity index (χ1) is 8.24. The van der Waals surface area contributed by atoms with Gasteiger partial charge < -0.3 is 10.8 Å². The summed E-state index contributed by atoms with van der Waals surface area (Å²) in [6.45, 7) is 3.12. The minimum atomic E-state index is -4.00. The van der Waals surface area contributed by atoms with Crippen LogP contribution in [0.1, 0.15) is 12.5 Å². The Morgan fingerprint density at radius 3 is 2.28 bits per heavy atom. The van der Waals surface area contributed by atoms with Gasteiger partial charge in [0.05, 0.1) is 4.90 Å². The number of carboxylic acid groups (broad SMARTS) is 1. The SMILES string of the molecule is Cc1ccc(S(=O)(=O)O[C@H](C)[C@H](N)C(=O)O)cc1. The number of carboxylic acids is 1. The average Bonchev–Trinajstić information content (AvgIpc) is 2.27. The summed E-state index contributed by atoms with van der Waals surface area (Å²) in [5.41, 5.74) is 6.19. The van der Waals surface area contributed by atoms with E-state index in [9.17, 15) is 13.2 Å². The van der Waals surface area contributed by atoms with E-state index in [2.05, 4.69) is 0 Å². The molecule has 100 valence electrons. The first kappa shape index (κ1) is 14.6. The van der Waals surface area contributed by atoms with Crippen LogP contribution in [-0.4, -0.2) is 31.6 Å². The van der Waals surface area contributed by atoms with E-state index in [0.29, 0.717) is 0 Å². The van der Waals surface area contributed by atoms with E-state index in [1.54, 1.807) is 12.1 Å². The first-order valence-corrected chi connectivity index (χ1v) is 6.63. The molecule has 3 N–H and O–H groups in total. The van der Waals surface area contributed by atoms with E-state index in [-0.39, 0.29) is 4.90 Å². The largest absolute Gasteiger partial charge is 0.480 e. The molecular weight excluding hydrogens is 258 g/mol. The van der Waals surface area contributed by atoms with Gasteiger partial charge in [0.15, 0.2) is 0 Å². The lowest BCUT2D eigenvalue weighted by molar-refractivity contribution is -0.140. The zero-order valence-corrected chi connectivity index (χ0v) is 10.8. The van der Waals surface area contributed by atoms with Crippen LogP contribution in [0, 0.1) is 6.92 Å². The number of nitrogens with two attached hydrogens (primary N) is 1. The minimum absolute atomic E-state index is 0.0301. The Balaban J connectivity index is 2.89. The number of hydrogen-bond acceptors (Lipinski definition) is 5. The maximum atomic E-state index is 11.8. The molecule has 0 radical (unpaired) electrons. The topological polar surface area (TPSA) is 107 Å². The third-order valence-corrected chi connectivity index (χ3v) is 3.79. The molecule has 0 bridgehead atoms. The van der Waals surface area contributed by atoms with E-state index >= 15 is 0 Å². The molecule has 0 unspecified atom stereocenters. The summed E-state index contributed by atoms with van der Waals surface area (Å²) in [6.07, 6.45) is -1.14. The van der Waals surface area contributed by atoms with Gasteiger partial charge in [0, 0.05) is 0 Å². The lowest BCUT2D eigenvalue weighted by atomic mass is 10.2. The molecule has 0 saturated carbocycles. The summed E-state index contributed by atoms with van der Waals surface area (Å²) >= 11 is 0. The number of hydrogen-bond donors (Lipinski definition) is 2. The van der Waals surface area contributed by atoms with Gasteiger partial charge in [0.2, 0.25) is 0 Å². The molecule has 1 rings (SSSR count). The maximum absolute atomic E-state index is 11.8. The van der Waals surface area contributed by atoms with E-state index in [1.165, 1.54) is 19.1 Å². The van der Waals surface area contributed by atoms with Crippen molar-refractivity contribution in [2.24, 2.45) is 5.73 Å². The van der Waals surface area contributed by atoms with Gasteiger partial charge in [-0.3, -0.25) is 8.98 Å². The molecule has 6 nitrogen and oxygen atoms in total. The summed E-state index contributed by atoms with van der Waals surface area (Å²) in [7, 11) is -4.00. The summed E-state index contributed by atoms with van der Waals surface area (Å²) in [4.78, 5) is 10.6. The van der Waals surface area contributed by atoms with Gasteiger partial charge in [0.1, 0.15) is 12.1 Å². The van der Waals surface area contributed by atoms with Gasteiger partial charge in [-0.25, -0.2) is 0 Å². The standard InChI is InChI=1S/C11H15NO5S/c1-7-3-5-9(6-4-7)18(15,16)17-8(2)10(12)11(13)14/h3-6,8,10H,12H2,1-2H3,(H,13,14)/t8-,10+/m1/s1. The monoisotopic (exact) mass is 273 g/mol. The number of carbonyl (C=O) groups is 1. The zero-order chi connectivity index (χ0) is 13.9. The van der Waals surface area contributed by atoms with Gasteiger partial charge in [-0.2, -0.15) is 8.42 Å². The molecule has 1 aromatic carbocycles. The van der Waals surface area contributed by atoms with Crippen molar-refractivity contribution in [1.29, 1.82) is 0 Å². The second-order valence-corrected chi connectivity index (χ2v) is 5.50. The first-order valence-electron chi connectivity index (χ1n) is 5.22. The molecule has 0 saturated heterocycles. The highest BCUT2D eigenvalue weighted by molar-refractivity contribution is 7.86. The van der Waals surface area contributed by atoms with Crippen LogP contribution in [-0.2, 0) is 19.1 Å². The molecule has 0 aliphatic rings. The normalized spacial score (nSPS) is 15.1. The second kappa shape index (κ2) is 5.47. The van der Waals surface area contributed by atoms with Crippen molar-refractivity contribution >= 4 is 16.1 Å². The Labute approximate surface area is 105 Å². The van der Waals surface area contributed by atoms with Gasteiger partial charge in [0.25, 0.3) is 10.1 Å². The van der Waals surface area contributed by atoms with Crippen LogP contribution in [0.15, 0.2) is 29.2 Å². The van der Waals surface area contributed by atoms with E-state index < -0.39 is 28.2 Å². The van der Waals surface area contributed by atoms with Gasteiger partial charge in [-0.15, -0.1) is 0 Å². The molecule has 18 heavy (non-hydrogen) atoms. The van der Waals surface area contributed by atoms with Crippen LogP contribution < -0.4 is 5.73 Å². The average molecular weight is 273 g/mol. The Kier molecular flexibility index (Phi) is 4.44. The fourth-order valence-corrected chi connectivity index (χ4v) is 2.32. The number of rotatable bonds is 5. The zero-order valence-electron chi connectivity index (χ0n) is 10.0. The molecule has 0 fully saturated rings. The Morgan fingerprint density at radius 1 is 1.33 bits per heavy atom. The smallest absolute Gasteiger partial charge is 0.323 e. The molecule has 1 aromatic rings. The Morgan fingerprint density at radius 2 is 1.83 bits per heavy atom. The van der Waals surface area contributed by atoms with E-state index in [1.807, 2.05) is 6.92 Å². The summed E-state index contributed by atoms with van der Waals surface area (Å²) < 4.78 is 28.4. The Hall–Kier alpha value is -1.44. The third-order valence-electron chi connectivity index (χ3n) is 2.38. The lowest BCUT2D eigenvalue weighted by Gasteiger charge is -2.16. The molecule has 0 aliphatic heterocycles.